The van der Waals surface area contributed by atoms with Crippen molar-refractivity contribution in [3.8, 4) is 0 Å². The first-order valence-electron chi connectivity index (χ1n) is 7.89. The van der Waals surface area contributed by atoms with E-state index in [1.54, 1.807) is 24.3 Å². The molecule has 2 aromatic rings. The minimum absolute atomic E-state index is 0.0244. The molecule has 0 spiro atoms. The molecule has 3 rings (SSSR count). The van der Waals surface area contributed by atoms with Crippen molar-refractivity contribution in [2.45, 2.75) is 12.6 Å². The van der Waals surface area contributed by atoms with Gasteiger partial charge >= 0.3 is 6.18 Å². The third-order valence-electron chi connectivity index (χ3n) is 4.19. The van der Waals surface area contributed by atoms with Crippen molar-refractivity contribution in [3.05, 3.63) is 58.1 Å². The second-order valence-electron chi connectivity index (χ2n) is 6.04. The number of anilines is 2. The fourth-order valence-corrected chi connectivity index (χ4v) is 3.22. The summed E-state index contributed by atoms with van der Waals surface area (Å²) in [5.74, 6) is -1.61. The molecule has 142 valence electrons. The first-order chi connectivity index (χ1) is 12.7. The summed E-state index contributed by atoms with van der Waals surface area (Å²) in [6.45, 7) is 0.0744. The number of rotatable bonds is 3. The van der Waals surface area contributed by atoms with Crippen LogP contribution >= 0.6 is 23.2 Å². The Hall–Kier alpha value is -2.25. The van der Waals surface area contributed by atoms with Crippen molar-refractivity contribution in [2.24, 2.45) is 5.92 Å². The van der Waals surface area contributed by atoms with Gasteiger partial charge in [-0.1, -0.05) is 35.3 Å². The average Bonchev–Trinajstić information content (AvgIpc) is 2.98. The number of alkyl halides is 3. The van der Waals surface area contributed by atoms with Crippen LogP contribution in [-0.2, 0) is 15.8 Å². The van der Waals surface area contributed by atoms with E-state index in [0.717, 1.165) is 18.2 Å². The highest BCUT2D eigenvalue weighted by Gasteiger charge is 2.36. The van der Waals surface area contributed by atoms with Crippen LogP contribution in [0.5, 0.6) is 0 Å². The number of nitrogens with one attached hydrogen (secondary N) is 1. The lowest BCUT2D eigenvalue weighted by Gasteiger charge is -2.18. The van der Waals surface area contributed by atoms with Crippen LogP contribution < -0.4 is 10.2 Å². The Labute approximate surface area is 162 Å². The van der Waals surface area contributed by atoms with Gasteiger partial charge in [0.05, 0.1) is 32.9 Å². The SMILES string of the molecule is O=C(Nc1cc(C(F)(F)F)ccc1Cl)C1CC(=O)N(c2ccccc2Cl)C1. The van der Waals surface area contributed by atoms with Crippen LogP contribution in [0.15, 0.2) is 42.5 Å². The number of halogens is 5. The van der Waals surface area contributed by atoms with E-state index in [1.165, 1.54) is 4.90 Å². The van der Waals surface area contributed by atoms with Crippen molar-refractivity contribution in [1.82, 2.24) is 0 Å². The number of hydrogen-bond donors (Lipinski definition) is 1. The van der Waals surface area contributed by atoms with Crippen molar-refractivity contribution < 1.29 is 22.8 Å². The summed E-state index contributed by atoms with van der Waals surface area (Å²) in [6.07, 6.45) is -4.64. The maximum absolute atomic E-state index is 12.8. The first kappa shape index (κ1) is 19.5. The Balaban J connectivity index is 1.76. The molecule has 1 unspecified atom stereocenters. The molecule has 0 aliphatic carbocycles. The minimum atomic E-state index is -4.56. The number of carbonyl (C=O) groups is 2. The highest BCUT2D eigenvalue weighted by Crippen LogP contribution is 2.35. The molecule has 1 saturated heterocycles. The molecule has 2 amide bonds. The van der Waals surface area contributed by atoms with E-state index in [-0.39, 0.29) is 29.6 Å². The van der Waals surface area contributed by atoms with Gasteiger partial charge in [0, 0.05) is 13.0 Å². The van der Waals surface area contributed by atoms with Gasteiger partial charge < -0.3 is 10.2 Å². The molecular formula is C18H13Cl2F3N2O2. The van der Waals surface area contributed by atoms with Gasteiger partial charge in [-0.15, -0.1) is 0 Å². The Bertz CT molecular complexity index is 902. The van der Waals surface area contributed by atoms with Gasteiger partial charge in [0.1, 0.15) is 0 Å². The Morgan fingerprint density at radius 2 is 1.81 bits per heavy atom. The van der Waals surface area contributed by atoms with Gasteiger partial charge in [0.2, 0.25) is 11.8 Å². The number of hydrogen-bond acceptors (Lipinski definition) is 2. The Morgan fingerprint density at radius 1 is 1.11 bits per heavy atom. The lowest BCUT2D eigenvalue weighted by molar-refractivity contribution is -0.137. The molecule has 0 radical (unpaired) electrons. The second kappa shape index (κ2) is 7.40. The number of carbonyl (C=O) groups excluding carboxylic acids is 2. The maximum Gasteiger partial charge on any atom is 0.416 e. The molecule has 1 heterocycles. The molecule has 4 nitrogen and oxygen atoms in total. The van der Waals surface area contributed by atoms with Crippen LogP contribution in [0.2, 0.25) is 10.0 Å². The molecule has 1 atom stereocenters. The van der Waals surface area contributed by atoms with Crippen molar-refractivity contribution in [1.29, 1.82) is 0 Å². The van der Waals surface area contributed by atoms with Gasteiger partial charge in [0.25, 0.3) is 0 Å². The van der Waals surface area contributed by atoms with E-state index in [2.05, 4.69) is 5.32 Å². The zero-order valence-corrected chi connectivity index (χ0v) is 15.2. The van der Waals surface area contributed by atoms with Gasteiger partial charge in [-0.05, 0) is 30.3 Å². The third-order valence-corrected chi connectivity index (χ3v) is 4.84. The fourth-order valence-electron chi connectivity index (χ4n) is 2.82. The summed E-state index contributed by atoms with van der Waals surface area (Å²) in [7, 11) is 0. The number of amides is 2. The number of benzene rings is 2. The van der Waals surface area contributed by atoms with Crippen LogP contribution in [0.3, 0.4) is 0 Å². The summed E-state index contributed by atoms with van der Waals surface area (Å²) in [6, 6.07) is 9.37. The minimum Gasteiger partial charge on any atom is -0.324 e. The number of para-hydroxylation sites is 1. The largest absolute Gasteiger partial charge is 0.416 e. The average molecular weight is 417 g/mol. The van der Waals surface area contributed by atoms with Crippen molar-refractivity contribution in [3.63, 3.8) is 0 Å². The first-order valence-corrected chi connectivity index (χ1v) is 8.65. The standard InChI is InChI=1S/C18H13Cl2F3N2O2/c19-12-6-5-11(18(21,22)23)8-14(12)24-17(27)10-7-16(26)25(9-10)15-4-2-1-3-13(15)20/h1-6,8,10H,7,9H2,(H,24,27). The lowest BCUT2D eigenvalue weighted by atomic mass is 10.1. The summed E-state index contributed by atoms with van der Waals surface area (Å²) in [4.78, 5) is 26.1. The molecule has 0 saturated carbocycles. The highest BCUT2D eigenvalue weighted by atomic mass is 35.5. The van der Waals surface area contributed by atoms with Crippen LogP contribution in [-0.4, -0.2) is 18.4 Å². The zero-order valence-electron chi connectivity index (χ0n) is 13.7. The van der Waals surface area contributed by atoms with Crippen LogP contribution in [0.4, 0.5) is 24.5 Å². The van der Waals surface area contributed by atoms with Crippen LogP contribution in [0.25, 0.3) is 0 Å². The van der Waals surface area contributed by atoms with Crippen molar-refractivity contribution >= 4 is 46.4 Å². The molecule has 1 aliphatic rings. The van der Waals surface area contributed by atoms with Crippen LogP contribution in [0, 0.1) is 5.92 Å². The summed E-state index contributed by atoms with van der Waals surface area (Å²) in [5, 5.41) is 2.73. The molecule has 0 bridgehead atoms. The van der Waals surface area contributed by atoms with E-state index in [1.807, 2.05) is 0 Å². The predicted octanol–water partition coefficient (Wildman–Crippen LogP) is 5.00. The smallest absolute Gasteiger partial charge is 0.324 e. The summed E-state index contributed by atoms with van der Waals surface area (Å²) < 4.78 is 38.5. The number of nitrogens with zero attached hydrogens (tertiary/aromatic N) is 1. The molecule has 0 aromatic heterocycles. The van der Waals surface area contributed by atoms with E-state index in [0.29, 0.717) is 10.7 Å². The maximum atomic E-state index is 12.8. The third kappa shape index (κ3) is 4.20. The monoisotopic (exact) mass is 416 g/mol. The van der Waals surface area contributed by atoms with Gasteiger partial charge in [-0.2, -0.15) is 13.2 Å². The van der Waals surface area contributed by atoms with E-state index >= 15 is 0 Å². The highest BCUT2D eigenvalue weighted by molar-refractivity contribution is 6.34. The van der Waals surface area contributed by atoms with E-state index in [9.17, 15) is 22.8 Å². The van der Waals surface area contributed by atoms with Crippen molar-refractivity contribution in [2.75, 3.05) is 16.8 Å². The van der Waals surface area contributed by atoms with E-state index in [4.69, 9.17) is 23.2 Å². The lowest BCUT2D eigenvalue weighted by Crippen LogP contribution is -2.28. The predicted molar refractivity (Wildman–Crippen MR) is 97.0 cm³/mol. The molecule has 9 heteroatoms. The molecule has 2 aromatic carbocycles. The van der Waals surface area contributed by atoms with Crippen LogP contribution in [0.1, 0.15) is 12.0 Å². The molecule has 1 fully saturated rings. The van der Waals surface area contributed by atoms with Gasteiger partial charge in [0.15, 0.2) is 0 Å². The van der Waals surface area contributed by atoms with Gasteiger partial charge in [-0.25, -0.2) is 0 Å². The molecule has 27 heavy (non-hydrogen) atoms. The van der Waals surface area contributed by atoms with E-state index < -0.39 is 23.6 Å². The van der Waals surface area contributed by atoms with Gasteiger partial charge in [-0.3, -0.25) is 9.59 Å². The zero-order chi connectivity index (χ0) is 19.8. The fraction of sp³-hybridized carbons (Fsp3) is 0.222. The topological polar surface area (TPSA) is 49.4 Å². The molecule has 1 aliphatic heterocycles. The summed E-state index contributed by atoms with van der Waals surface area (Å²) in [5.41, 5.74) is -0.598. The molecule has 1 N–H and O–H groups in total. The Morgan fingerprint density at radius 3 is 2.48 bits per heavy atom. The quantitative estimate of drug-likeness (QED) is 0.764. The molecular weight excluding hydrogens is 404 g/mol. The Kier molecular flexibility index (Phi) is 5.35. The normalized spacial score (nSPS) is 17.3. The second-order valence-corrected chi connectivity index (χ2v) is 6.85. The summed E-state index contributed by atoms with van der Waals surface area (Å²) >= 11 is 12.0.